The number of aryl methyl sites for hydroxylation is 4. The van der Waals surface area contributed by atoms with Crippen molar-refractivity contribution >= 4 is 45.3 Å². The van der Waals surface area contributed by atoms with Crippen molar-refractivity contribution in [3.8, 4) is 0 Å². The summed E-state index contributed by atoms with van der Waals surface area (Å²) in [6.07, 6.45) is 26.1. The summed E-state index contributed by atoms with van der Waals surface area (Å²) < 4.78 is 0. The molecule has 4 aromatic heterocycles. The molecule has 0 aliphatic rings. The van der Waals surface area contributed by atoms with Crippen molar-refractivity contribution < 1.29 is 0 Å². The number of rotatable bonds is 24. The van der Waals surface area contributed by atoms with Gasteiger partial charge in [-0.25, -0.2) is 0 Å². The summed E-state index contributed by atoms with van der Waals surface area (Å²) in [5.41, 5.74) is -0.197. The molecule has 4 aromatic rings. The summed E-state index contributed by atoms with van der Waals surface area (Å²) in [6.45, 7) is 9.26. The maximum atomic E-state index is 2.52. The van der Waals surface area contributed by atoms with E-state index in [1.165, 1.54) is 148 Å². The molecule has 0 aromatic carbocycles. The average molecular weight is 681 g/mol. The third kappa shape index (κ3) is 10.4. The van der Waals surface area contributed by atoms with Gasteiger partial charge in [-0.05, 0) is 99.9 Å². The molecule has 0 atom stereocenters. The lowest BCUT2D eigenvalue weighted by molar-refractivity contribution is 0.670. The van der Waals surface area contributed by atoms with E-state index in [-0.39, 0.29) is 5.41 Å². The molecule has 0 unspecified atom stereocenters. The molecule has 45 heavy (non-hydrogen) atoms. The van der Waals surface area contributed by atoms with E-state index >= 15 is 0 Å². The van der Waals surface area contributed by atoms with Gasteiger partial charge in [-0.3, -0.25) is 0 Å². The van der Waals surface area contributed by atoms with Gasteiger partial charge < -0.3 is 0 Å². The summed E-state index contributed by atoms with van der Waals surface area (Å²) in [6, 6.07) is 19.9. The Morgan fingerprint density at radius 3 is 0.800 bits per heavy atom. The fraction of sp³-hybridized carbons (Fsp3) is 0.610. The van der Waals surface area contributed by atoms with Crippen LogP contribution in [-0.2, 0) is 31.1 Å². The minimum absolute atomic E-state index is 0.197. The number of unbranched alkanes of at least 4 members (excludes halogenated alkanes) is 12. The highest BCUT2D eigenvalue weighted by atomic mass is 32.1. The monoisotopic (exact) mass is 680 g/mol. The zero-order valence-corrected chi connectivity index (χ0v) is 32.2. The lowest BCUT2D eigenvalue weighted by Crippen LogP contribution is -2.26. The van der Waals surface area contributed by atoms with Crippen molar-refractivity contribution in [2.24, 2.45) is 0 Å². The van der Waals surface area contributed by atoms with Crippen LogP contribution < -0.4 is 0 Å². The molecule has 0 aliphatic heterocycles. The molecular weight excluding hydrogens is 621 g/mol. The van der Waals surface area contributed by atoms with Crippen molar-refractivity contribution in [1.82, 2.24) is 0 Å². The average Bonchev–Trinajstić information content (AvgIpc) is 3.88. The van der Waals surface area contributed by atoms with Crippen molar-refractivity contribution in [3.63, 3.8) is 0 Å². The lowest BCUT2D eigenvalue weighted by Gasteiger charge is -2.31. The Hall–Kier alpha value is -1.20. The van der Waals surface area contributed by atoms with Crippen LogP contribution >= 0.6 is 45.3 Å². The number of thiophene rings is 4. The quantitative estimate of drug-likeness (QED) is 0.0646. The standard InChI is InChI=1S/C41H60S4/c1-5-9-13-17-21-33-25-29-37(42-33)41(38-30-26-34(43-38)22-18-14-10-6-2,39-31-27-35(44-39)23-19-15-11-7-3)40-32-28-36(45-40)24-20-16-12-8-4/h25-32H,5-24H2,1-4H3. The van der Waals surface area contributed by atoms with E-state index in [1.807, 2.05) is 0 Å². The molecule has 0 nitrogen and oxygen atoms in total. The van der Waals surface area contributed by atoms with Gasteiger partial charge in [-0.15, -0.1) is 45.3 Å². The largest absolute Gasteiger partial charge is 0.144 e. The van der Waals surface area contributed by atoms with Gasteiger partial charge in [0.25, 0.3) is 0 Å². The summed E-state index contributed by atoms with van der Waals surface area (Å²) in [4.78, 5) is 12.4. The zero-order valence-electron chi connectivity index (χ0n) is 28.9. The fourth-order valence-corrected chi connectivity index (χ4v) is 12.0. The van der Waals surface area contributed by atoms with Crippen molar-refractivity contribution in [1.29, 1.82) is 0 Å². The molecule has 0 spiro atoms. The van der Waals surface area contributed by atoms with Crippen molar-refractivity contribution in [2.75, 3.05) is 0 Å². The van der Waals surface area contributed by atoms with E-state index in [0.29, 0.717) is 0 Å². The summed E-state index contributed by atoms with van der Waals surface area (Å²) >= 11 is 8.41. The summed E-state index contributed by atoms with van der Waals surface area (Å²) in [7, 11) is 0. The molecule has 248 valence electrons. The Balaban J connectivity index is 1.76. The molecule has 0 fully saturated rings. The first kappa shape index (κ1) is 36.6. The maximum Gasteiger partial charge on any atom is 0.107 e. The Bertz CT molecular complexity index is 1120. The van der Waals surface area contributed by atoms with Gasteiger partial charge in [0.15, 0.2) is 0 Å². The normalized spacial score (nSPS) is 12.0. The minimum atomic E-state index is -0.197. The second kappa shape index (κ2) is 20.2. The zero-order chi connectivity index (χ0) is 31.7. The number of hydrogen-bond acceptors (Lipinski definition) is 4. The molecule has 4 heterocycles. The van der Waals surface area contributed by atoms with Gasteiger partial charge in [-0.1, -0.05) is 105 Å². The highest BCUT2D eigenvalue weighted by Gasteiger charge is 2.43. The lowest BCUT2D eigenvalue weighted by atomic mass is 9.81. The van der Waals surface area contributed by atoms with Crippen LogP contribution in [0, 0.1) is 0 Å². The van der Waals surface area contributed by atoms with Gasteiger partial charge in [0, 0.05) is 39.0 Å². The maximum absolute atomic E-state index is 2.52. The molecule has 0 bridgehead atoms. The molecule has 0 N–H and O–H groups in total. The van der Waals surface area contributed by atoms with E-state index in [0.717, 1.165) is 0 Å². The summed E-state index contributed by atoms with van der Waals surface area (Å²) in [5.74, 6) is 0. The van der Waals surface area contributed by atoms with E-state index < -0.39 is 0 Å². The van der Waals surface area contributed by atoms with E-state index in [1.54, 1.807) is 19.5 Å². The molecule has 4 heteroatoms. The van der Waals surface area contributed by atoms with E-state index in [2.05, 4.69) is 122 Å². The molecule has 4 rings (SSSR count). The third-order valence-corrected chi connectivity index (χ3v) is 14.3. The van der Waals surface area contributed by atoms with Gasteiger partial charge in [-0.2, -0.15) is 0 Å². The Labute approximate surface area is 292 Å². The first-order valence-corrected chi connectivity index (χ1v) is 21.8. The Morgan fingerprint density at radius 1 is 0.333 bits per heavy atom. The highest BCUT2D eigenvalue weighted by molar-refractivity contribution is 7.17. The van der Waals surface area contributed by atoms with Crippen LogP contribution in [0.2, 0.25) is 0 Å². The predicted octanol–water partition coefficient (Wildman–Crippen LogP) is 14.8. The topological polar surface area (TPSA) is 0 Å². The third-order valence-electron chi connectivity index (χ3n) is 9.23. The van der Waals surface area contributed by atoms with Gasteiger partial charge in [0.05, 0.1) is 0 Å². The molecule has 0 saturated heterocycles. The van der Waals surface area contributed by atoms with Crippen LogP contribution in [0.1, 0.15) is 169 Å². The Morgan fingerprint density at radius 2 is 0.578 bits per heavy atom. The van der Waals surface area contributed by atoms with E-state index in [4.69, 9.17) is 0 Å². The first-order valence-electron chi connectivity index (χ1n) is 18.5. The van der Waals surface area contributed by atoms with Gasteiger partial charge in [0.1, 0.15) is 5.41 Å². The fourth-order valence-electron chi connectivity index (χ4n) is 6.49. The van der Waals surface area contributed by atoms with Gasteiger partial charge in [0.2, 0.25) is 0 Å². The molecule has 0 saturated carbocycles. The van der Waals surface area contributed by atoms with Crippen LogP contribution in [-0.4, -0.2) is 0 Å². The van der Waals surface area contributed by atoms with Crippen molar-refractivity contribution in [2.45, 2.75) is 162 Å². The second-order valence-electron chi connectivity index (χ2n) is 13.1. The molecule has 0 aliphatic carbocycles. The highest BCUT2D eigenvalue weighted by Crippen LogP contribution is 2.53. The Kier molecular flexibility index (Phi) is 16.5. The minimum Gasteiger partial charge on any atom is -0.144 e. The molecule has 0 amide bonds. The van der Waals surface area contributed by atoms with Gasteiger partial charge >= 0.3 is 0 Å². The molecule has 0 radical (unpaired) electrons. The smallest absolute Gasteiger partial charge is 0.107 e. The predicted molar refractivity (Wildman–Crippen MR) is 208 cm³/mol. The SMILES string of the molecule is CCCCCCc1ccc(C(c2ccc(CCCCCC)s2)(c2ccc(CCCCCC)s2)c2ccc(CCCCCC)s2)s1. The van der Waals surface area contributed by atoms with Crippen LogP contribution in [0.5, 0.6) is 0 Å². The van der Waals surface area contributed by atoms with Crippen LogP contribution in [0.4, 0.5) is 0 Å². The summed E-state index contributed by atoms with van der Waals surface area (Å²) in [5, 5.41) is 0. The number of hydrogen-bond donors (Lipinski definition) is 0. The molecular formula is C41H60S4. The second-order valence-corrected chi connectivity index (χ2v) is 17.7. The first-order chi connectivity index (χ1) is 22.1. The van der Waals surface area contributed by atoms with Crippen LogP contribution in [0.15, 0.2) is 48.5 Å². The van der Waals surface area contributed by atoms with Crippen molar-refractivity contribution in [3.05, 3.63) is 87.5 Å². The van der Waals surface area contributed by atoms with Crippen LogP contribution in [0.25, 0.3) is 0 Å². The van der Waals surface area contributed by atoms with E-state index in [9.17, 15) is 0 Å². The van der Waals surface area contributed by atoms with Crippen LogP contribution in [0.3, 0.4) is 0 Å².